The lowest BCUT2D eigenvalue weighted by atomic mass is 10.2. The number of benzene rings is 2. The Morgan fingerprint density at radius 3 is 2.62 bits per heavy atom. The second-order valence-electron chi connectivity index (χ2n) is 5.90. The van der Waals surface area contributed by atoms with Gasteiger partial charge in [0.05, 0.1) is 16.9 Å². The van der Waals surface area contributed by atoms with E-state index in [9.17, 15) is 4.79 Å². The number of fused-ring (bicyclic) bond motifs is 1. The van der Waals surface area contributed by atoms with Gasteiger partial charge < -0.3 is 14.5 Å². The fourth-order valence-corrected chi connectivity index (χ4v) is 2.78. The number of nitrogens with one attached hydrogen (secondary N) is 1. The van der Waals surface area contributed by atoms with Crippen LogP contribution in [-0.2, 0) is 0 Å². The normalized spacial score (nSPS) is 10.7. The Balaban J connectivity index is 1.64. The SMILES string of the molecule is Cc1cn2cccc(C(=O)Nc3ccccc3Oc3ccccc3)c2n1. The van der Waals surface area contributed by atoms with Crippen molar-refractivity contribution in [2.24, 2.45) is 0 Å². The van der Waals surface area contributed by atoms with Crippen molar-refractivity contribution in [3.8, 4) is 11.5 Å². The van der Waals surface area contributed by atoms with Crippen molar-refractivity contribution in [1.82, 2.24) is 9.38 Å². The highest BCUT2D eigenvalue weighted by Gasteiger charge is 2.14. The van der Waals surface area contributed by atoms with E-state index in [0.717, 1.165) is 5.69 Å². The molecule has 0 fully saturated rings. The molecule has 4 rings (SSSR count). The van der Waals surface area contributed by atoms with Gasteiger partial charge in [0.25, 0.3) is 5.91 Å². The van der Waals surface area contributed by atoms with Gasteiger partial charge in [0.15, 0.2) is 5.75 Å². The Kier molecular flexibility index (Phi) is 4.11. The summed E-state index contributed by atoms with van der Waals surface area (Å²) in [6, 6.07) is 20.4. The van der Waals surface area contributed by atoms with Crippen LogP contribution in [0.4, 0.5) is 5.69 Å². The summed E-state index contributed by atoms with van der Waals surface area (Å²) in [5.41, 5.74) is 2.60. The van der Waals surface area contributed by atoms with Gasteiger partial charge in [-0.05, 0) is 43.3 Å². The first kappa shape index (κ1) is 15.9. The van der Waals surface area contributed by atoms with Crippen LogP contribution in [0.2, 0.25) is 0 Å². The molecule has 0 spiro atoms. The van der Waals surface area contributed by atoms with Crippen LogP contribution in [0, 0.1) is 6.92 Å². The van der Waals surface area contributed by atoms with Crippen LogP contribution in [0.15, 0.2) is 79.1 Å². The van der Waals surface area contributed by atoms with E-state index in [0.29, 0.717) is 28.4 Å². The molecule has 2 aromatic heterocycles. The summed E-state index contributed by atoms with van der Waals surface area (Å²) in [5, 5.41) is 2.93. The van der Waals surface area contributed by atoms with Gasteiger partial charge in [0.1, 0.15) is 11.4 Å². The lowest BCUT2D eigenvalue weighted by Gasteiger charge is -2.12. The first-order valence-corrected chi connectivity index (χ1v) is 8.28. The summed E-state index contributed by atoms with van der Waals surface area (Å²) >= 11 is 0. The molecule has 0 atom stereocenters. The topological polar surface area (TPSA) is 55.6 Å². The molecule has 5 nitrogen and oxygen atoms in total. The van der Waals surface area contributed by atoms with Gasteiger partial charge in [0.2, 0.25) is 0 Å². The van der Waals surface area contributed by atoms with Crippen molar-refractivity contribution in [3.05, 3.63) is 90.4 Å². The molecule has 0 radical (unpaired) electrons. The molecule has 0 bridgehead atoms. The first-order chi connectivity index (χ1) is 12.7. The quantitative estimate of drug-likeness (QED) is 0.585. The predicted octanol–water partition coefficient (Wildman–Crippen LogP) is 4.69. The Morgan fingerprint density at radius 2 is 1.77 bits per heavy atom. The van der Waals surface area contributed by atoms with Gasteiger partial charge in [-0.2, -0.15) is 0 Å². The standard InChI is InChI=1S/C21H17N3O2/c1-15-14-24-13-7-10-17(20(24)22-15)21(25)23-18-11-5-6-12-19(18)26-16-8-3-2-4-9-16/h2-14H,1H3,(H,23,25). The van der Waals surface area contributed by atoms with Crippen molar-refractivity contribution < 1.29 is 9.53 Å². The van der Waals surface area contributed by atoms with E-state index in [1.807, 2.05) is 84.4 Å². The molecule has 0 saturated carbocycles. The van der Waals surface area contributed by atoms with Crippen molar-refractivity contribution in [2.45, 2.75) is 6.92 Å². The van der Waals surface area contributed by atoms with Gasteiger partial charge >= 0.3 is 0 Å². The van der Waals surface area contributed by atoms with Gasteiger partial charge in [-0.15, -0.1) is 0 Å². The molecule has 0 aliphatic carbocycles. The van der Waals surface area contributed by atoms with E-state index in [1.54, 1.807) is 6.07 Å². The van der Waals surface area contributed by atoms with Crippen molar-refractivity contribution in [3.63, 3.8) is 0 Å². The maximum atomic E-state index is 12.8. The van der Waals surface area contributed by atoms with Crippen LogP contribution in [0.25, 0.3) is 5.65 Å². The van der Waals surface area contributed by atoms with E-state index in [1.165, 1.54) is 0 Å². The molecule has 0 saturated heterocycles. The number of imidazole rings is 1. The lowest BCUT2D eigenvalue weighted by Crippen LogP contribution is -2.14. The summed E-state index contributed by atoms with van der Waals surface area (Å²) in [7, 11) is 0. The molecule has 26 heavy (non-hydrogen) atoms. The predicted molar refractivity (Wildman–Crippen MR) is 101 cm³/mol. The number of pyridine rings is 1. The molecule has 0 aliphatic heterocycles. The number of para-hydroxylation sites is 3. The van der Waals surface area contributed by atoms with Crippen LogP contribution < -0.4 is 10.1 Å². The van der Waals surface area contributed by atoms with E-state index < -0.39 is 0 Å². The maximum absolute atomic E-state index is 12.8. The van der Waals surface area contributed by atoms with Crippen LogP contribution in [0.3, 0.4) is 0 Å². The highest BCUT2D eigenvalue weighted by Crippen LogP contribution is 2.29. The molecule has 1 amide bonds. The molecular weight excluding hydrogens is 326 g/mol. The third kappa shape index (κ3) is 3.15. The van der Waals surface area contributed by atoms with E-state index in [4.69, 9.17) is 4.74 Å². The number of rotatable bonds is 4. The third-order valence-corrected chi connectivity index (χ3v) is 3.95. The Hall–Kier alpha value is -3.60. The molecule has 4 aromatic rings. The Morgan fingerprint density at radius 1 is 1.00 bits per heavy atom. The summed E-state index contributed by atoms with van der Waals surface area (Å²) < 4.78 is 7.75. The van der Waals surface area contributed by atoms with Gasteiger partial charge in [0, 0.05) is 12.4 Å². The second kappa shape index (κ2) is 6.72. The molecule has 1 N–H and O–H groups in total. The van der Waals surface area contributed by atoms with E-state index in [-0.39, 0.29) is 5.91 Å². The monoisotopic (exact) mass is 343 g/mol. The number of hydrogen-bond acceptors (Lipinski definition) is 3. The molecule has 0 unspecified atom stereocenters. The summed E-state index contributed by atoms with van der Waals surface area (Å²) in [6.07, 6.45) is 3.76. The Bertz CT molecular complexity index is 1070. The number of anilines is 1. The van der Waals surface area contributed by atoms with E-state index >= 15 is 0 Å². The van der Waals surface area contributed by atoms with E-state index in [2.05, 4.69) is 10.3 Å². The molecule has 2 heterocycles. The number of aryl methyl sites for hydroxylation is 1. The minimum absolute atomic E-state index is 0.231. The zero-order valence-electron chi connectivity index (χ0n) is 14.2. The van der Waals surface area contributed by atoms with Gasteiger partial charge in [-0.25, -0.2) is 4.98 Å². The van der Waals surface area contributed by atoms with Gasteiger partial charge in [-0.1, -0.05) is 30.3 Å². The van der Waals surface area contributed by atoms with Crippen LogP contribution >= 0.6 is 0 Å². The highest BCUT2D eigenvalue weighted by atomic mass is 16.5. The largest absolute Gasteiger partial charge is 0.455 e. The summed E-state index contributed by atoms with van der Waals surface area (Å²) in [6.45, 7) is 1.90. The number of hydrogen-bond donors (Lipinski definition) is 1. The van der Waals surface area contributed by atoms with Crippen LogP contribution in [-0.4, -0.2) is 15.3 Å². The van der Waals surface area contributed by atoms with Crippen LogP contribution in [0.5, 0.6) is 11.5 Å². The Labute approximate surface area is 150 Å². The summed E-state index contributed by atoms with van der Waals surface area (Å²) in [5.74, 6) is 1.06. The molecular formula is C21H17N3O2. The van der Waals surface area contributed by atoms with Gasteiger partial charge in [-0.3, -0.25) is 4.79 Å². The molecule has 2 aromatic carbocycles. The maximum Gasteiger partial charge on any atom is 0.259 e. The highest BCUT2D eigenvalue weighted by molar-refractivity contribution is 6.08. The van der Waals surface area contributed by atoms with Crippen molar-refractivity contribution >= 4 is 17.2 Å². The number of ether oxygens (including phenoxy) is 1. The number of carbonyl (C=O) groups excluding carboxylic acids is 1. The fourth-order valence-electron chi connectivity index (χ4n) is 2.78. The minimum Gasteiger partial charge on any atom is -0.455 e. The molecule has 128 valence electrons. The van der Waals surface area contributed by atoms with Crippen LogP contribution in [0.1, 0.15) is 16.1 Å². The molecule has 5 heteroatoms. The summed E-state index contributed by atoms with van der Waals surface area (Å²) in [4.78, 5) is 17.3. The average Bonchev–Trinajstić information content (AvgIpc) is 3.04. The van der Waals surface area contributed by atoms with Crippen molar-refractivity contribution in [2.75, 3.05) is 5.32 Å². The zero-order valence-corrected chi connectivity index (χ0v) is 14.2. The number of nitrogens with zero attached hydrogens (tertiary/aromatic N) is 2. The molecule has 0 aliphatic rings. The number of aromatic nitrogens is 2. The average molecular weight is 343 g/mol. The minimum atomic E-state index is -0.231. The van der Waals surface area contributed by atoms with Crippen molar-refractivity contribution in [1.29, 1.82) is 0 Å². The first-order valence-electron chi connectivity index (χ1n) is 8.28. The lowest BCUT2D eigenvalue weighted by molar-refractivity contribution is 0.102. The third-order valence-electron chi connectivity index (χ3n) is 3.95. The fraction of sp³-hybridized carbons (Fsp3) is 0.0476. The second-order valence-corrected chi connectivity index (χ2v) is 5.90. The zero-order chi connectivity index (χ0) is 17.9. The number of carbonyl (C=O) groups is 1. The smallest absolute Gasteiger partial charge is 0.259 e. The number of amides is 1.